The average Bonchev–Trinajstić information content (AvgIpc) is 2.38. The van der Waals surface area contributed by atoms with E-state index in [-0.39, 0.29) is 11.1 Å². The Morgan fingerprint density at radius 2 is 1.81 bits per heavy atom. The number of halogens is 1. The topological polar surface area (TPSA) is 30.5 Å². The van der Waals surface area contributed by atoms with E-state index in [1.165, 1.54) is 0 Å². The first-order valence-electron chi connectivity index (χ1n) is 7.35. The molecule has 0 heterocycles. The van der Waals surface area contributed by atoms with Crippen LogP contribution in [0.4, 0.5) is 0 Å². The van der Waals surface area contributed by atoms with Crippen molar-refractivity contribution >= 4 is 15.9 Å². The molecule has 0 aliphatic rings. The number of ether oxygens (including phenoxy) is 2. The minimum atomic E-state index is -0.162. The summed E-state index contributed by atoms with van der Waals surface area (Å²) in [5.74, 6) is 0.918. The van der Waals surface area contributed by atoms with Gasteiger partial charge in [0, 0.05) is 31.2 Å². The molecule has 0 aromatic heterocycles. The highest BCUT2D eigenvalue weighted by Gasteiger charge is 2.17. The first-order valence-corrected chi connectivity index (χ1v) is 8.14. The first-order chi connectivity index (χ1) is 9.64. The van der Waals surface area contributed by atoms with Crippen molar-refractivity contribution in [3.63, 3.8) is 0 Å². The van der Waals surface area contributed by atoms with Crippen LogP contribution < -0.4 is 10.1 Å². The monoisotopic (exact) mass is 357 g/mol. The molecule has 1 aromatic rings. The molecule has 21 heavy (non-hydrogen) atoms. The lowest BCUT2D eigenvalue weighted by Crippen LogP contribution is -2.35. The second kappa shape index (κ2) is 7.61. The molecule has 0 amide bonds. The van der Waals surface area contributed by atoms with Gasteiger partial charge in [0.1, 0.15) is 5.75 Å². The maximum Gasteiger partial charge on any atom is 0.137 e. The minimum Gasteiger partial charge on any atom is -0.492 e. The van der Waals surface area contributed by atoms with E-state index in [0.29, 0.717) is 6.61 Å². The van der Waals surface area contributed by atoms with Gasteiger partial charge >= 0.3 is 0 Å². The van der Waals surface area contributed by atoms with E-state index in [2.05, 4.69) is 61.9 Å². The molecule has 0 radical (unpaired) electrons. The highest BCUT2D eigenvalue weighted by Crippen LogP contribution is 2.30. The Morgan fingerprint density at radius 3 is 2.38 bits per heavy atom. The van der Waals surface area contributed by atoms with Gasteiger partial charge in [0.05, 0.1) is 16.7 Å². The van der Waals surface area contributed by atoms with E-state index < -0.39 is 0 Å². The van der Waals surface area contributed by atoms with Crippen LogP contribution in [0.15, 0.2) is 22.7 Å². The number of methoxy groups -OCH3 is 1. The zero-order valence-corrected chi connectivity index (χ0v) is 15.6. The van der Waals surface area contributed by atoms with E-state index >= 15 is 0 Å². The Balaban J connectivity index is 2.72. The fourth-order valence-electron chi connectivity index (χ4n) is 1.72. The molecular weight excluding hydrogens is 330 g/mol. The smallest absolute Gasteiger partial charge is 0.137 e. The van der Waals surface area contributed by atoms with Crippen LogP contribution in [-0.2, 0) is 11.3 Å². The molecule has 0 atom stereocenters. The molecule has 120 valence electrons. The molecule has 0 aliphatic carbocycles. The van der Waals surface area contributed by atoms with Gasteiger partial charge in [-0.3, -0.25) is 0 Å². The third-order valence-corrected chi connectivity index (χ3v) is 3.99. The number of rotatable bonds is 7. The molecule has 1 rings (SSSR count). The molecule has 0 saturated carbocycles. The predicted molar refractivity (Wildman–Crippen MR) is 91.9 cm³/mol. The van der Waals surface area contributed by atoms with Gasteiger partial charge in [-0.2, -0.15) is 0 Å². The lowest BCUT2D eigenvalue weighted by atomic mass is 10.1. The molecule has 1 aromatic carbocycles. The van der Waals surface area contributed by atoms with E-state index in [9.17, 15) is 0 Å². The summed E-state index contributed by atoms with van der Waals surface area (Å²) in [5, 5.41) is 3.50. The van der Waals surface area contributed by atoms with Gasteiger partial charge in [-0.05, 0) is 56.6 Å². The Morgan fingerprint density at radius 1 is 1.14 bits per heavy atom. The summed E-state index contributed by atoms with van der Waals surface area (Å²) in [7, 11) is 1.73. The molecule has 0 unspecified atom stereocenters. The average molecular weight is 358 g/mol. The molecule has 0 fully saturated rings. The summed E-state index contributed by atoms with van der Waals surface area (Å²) in [5.41, 5.74) is 1.08. The van der Waals surface area contributed by atoms with Crippen molar-refractivity contribution in [1.29, 1.82) is 0 Å². The lowest BCUT2D eigenvalue weighted by molar-refractivity contribution is 0.00530. The quantitative estimate of drug-likeness (QED) is 0.777. The summed E-state index contributed by atoms with van der Waals surface area (Å²) in [4.78, 5) is 0. The van der Waals surface area contributed by atoms with Crippen LogP contribution in [0.3, 0.4) is 0 Å². The predicted octanol–water partition coefficient (Wildman–Crippen LogP) is 4.53. The van der Waals surface area contributed by atoms with Crippen LogP contribution in [0, 0.1) is 0 Å². The van der Waals surface area contributed by atoms with Gasteiger partial charge < -0.3 is 14.8 Å². The maximum atomic E-state index is 6.00. The van der Waals surface area contributed by atoms with Gasteiger partial charge in [-0.15, -0.1) is 0 Å². The molecule has 0 aliphatic heterocycles. The third-order valence-electron chi connectivity index (χ3n) is 3.36. The first kappa shape index (κ1) is 18.5. The molecule has 1 N–H and O–H groups in total. The van der Waals surface area contributed by atoms with E-state index in [1.54, 1.807) is 7.11 Å². The highest BCUT2D eigenvalue weighted by atomic mass is 79.9. The van der Waals surface area contributed by atoms with Crippen LogP contribution in [0.5, 0.6) is 5.75 Å². The van der Waals surface area contributed by atoms with Crippen molar-refractivity contribution in [2.75, 3.05) is 13.7 Å². The summed E-state index contributed by atoms with van der Waals surface area (Å²) in [6, 6.07) is 6.15. The van der Waals surface area contributed by atoms with Crippen LogP contribution in [0.2, 0.25) is 0 Å². The number of para-hydroxylation sites is 1. The van der Waals surface area contributed by atoms with Gasteiger partial charge in [-0.25, -0.2) is 0 Å². The molecule has 3 nitrogen and oxygen atoms in total. The number of hydrogen-bond donors (Lipinski definition) is 1. The second-order valence-electron chi connectivity index (χ2n) is 6.89. The zero-order chi connectivity index (χ0) is 16.1. The van der Waals surface area contributed by atoms with Crippen molar-refractivity contribution in [3.8, 4) is 5.75 Å². The fraction of sp³-hybridized carbons (Fsp3) is 0.647. The highest BCUT2D eigenvalue weighted by molar-refractivity contribution is 9.10. The summed E-state index contributed by atoms with van der Waals surface area (Å²) >= 11 is 3.58. The largest absolute Gasteiger partial charge is 0.492 e. The molecule has 0 bridgehead atoms. The zero-order valence-electron chi connectivity index (χ0n) is 14.0. The van der Waals surface area contributed by atoms with Crippen molar-refractivity contribution < 1.29 is 9.47 Å². The summed E-state index contributed by atoms with van der Waals surface area (Å²) in [6.07, 6.45) is 0.844. The van der Waals surface area contributed by atoms with Crippen molar-refractivity contribution in [3.05, 3.63) is 28.2 Å². The van der Waals surface area contributed by atoms with Crippen molar-refractivity contribution in [2.45, 2.75) is 58.7 Å². The van der Waals surface area contributed by atoms with E-state index in [0.717, 1.165) is 28.8 Å². The van der Waals surface area contributed by atoms with Gasteiger partial charge in [-0.1, -0.05) is 12.1 Å². The number of hydrogen-bond acceptors (Lipinski definition) is 3. The Labute approximate surface area is 137 Å². The van der Waals surface area contributed by atoms with Gasteiger partial charge in [0.2, 0.25) is 0 Å². The Kier molecular flexibility index (Phi) is 6.70. The SMILES string of the molecule is COC(C)(C)CCOc1c(Br)cccc1CNC(C)(C)C. The van der Waals surface area contributed by atoms with Crippen LogP contribution in [0.25, 0.3) is 0 Å². The van der Waals surface area contributed by atoms with Gasteiger partial charge in [0.25, 0.3) is 0 Å². The van der Waals surface area contributed by atoms with E-state index in [4.69, 9.17) is 9.47 Å². The van der Waals surface area contributed by atoms with Crippen LogP contribution >= 0.6 is 15.9 Å². The van der Waals surface area contributed by atoms with Gasteiger partial charge in [0.15, 0.2) is 0 Å². The van der Waals surface area contributed by atoms with Crippen LogP contribution in [-0.4, -0.2) is 24.9 Å². The van der Waals surface area contributed by atoms with Crippen LogP contribution in [0.1, 0.15) is 46.6 Å². The number of benzene rings is 1. The molecule has 0 saturated heterocycles. The third kappa shape index (κ3) is 6.81. The normalized spacial score (nSPS) is 12.5. The van der Waals surface area contributed by atoms with Crippen molar-refractivity contribution in [1.82, 2.24) is 5.32 Å². The maximum absolute atomic E-state index is 6.00. The van der Waals surface area contributed by atoms with Crippen molar-refractivity contribution in [2.24, 2.45) is 0 Å². The second-order valence-corrected chi connectivity index (χ2v) is 7.75. The summed E-state index contributed by atoms with van der Waals surface area (Å²) < 4.78 is 12.4. The van der Waals surface area contributed by atoms with E-state index in [1.807, 2.05) is 12.1 Å². The lowest BCUT2D eigenvalue weighted by Gasteiger charge is -2.24. The molecule has 0 spiro atoms. The Bertz CT molecular complexity index is 453. The molecular formula is C17H28BrNO2. The fourth-order valence-corrected chi connectivity index (χ4v) is 2.24. The number of nitrogens with one attached hydrogen (secondary N) is 1. The standard InChI is InChI=1S/C17H28BrNO2/c1-16(2,3)19-12-13-8-7-9-14(18)15(13)21-11-10-17(4,5)20-6/h7-9,19H,10-12H2,1-6H3. The summed E-state index contributed by atoms with van der Waals surface area (Å²) in [6.45, 7) is 12.0. The Hall–Kier alpha value is -0.580. The molecule has 4 heteroatoms. The minimum absolute atomic E-state index is 0.0810.